The molecule has 0 radical (unpaired) electrons. The van der Waals surface area contributed by atoms with E-state index in [0.29, 0.717) is 21.8 Å². The van der Waals surface area contributed by atoms with Gasteiger partial charge in [0.05, 0.1) is 5.02 Å². The zero-order valence-electron chi connectivity index (χ0n) is 8.80. The van der Waals surface area contributed by atoms with E-state index in [4.69, 9.17) is 17.3 Å². The highest BCUT2D eigenvalue weighted by atomic mass is 35.5. The van der Waals surface area contributed by atoms with Crippen LogP contribution < -0.4 is 5.73 Å². The number of halogens is 2. The second-order valence-corrected chi connectivity index (χ2v) is 4.08. The fraction of sp³-hybridized carbons (Fsp3) is 0.0769. The van der Waals surface area contributed by atoms with E-state index in [-0.39, 0.29) is 5.82 Å². The average molecular weight is 236 g/mol. The number of aryl methyl sites for hydroxylation is 1. The standard InChI is InChI=1S/C13H11ClFN/c1-8-6-10(11(14)7-13(8)16)9-4-2-3-5-12(9)15/h2-7H,16H2,1H3. The summed E-state index contributed by atoms with van der Waals surface area (Å²) < 4.78 is 13.6. The second kappa shape index (κ2) is 4.14. The molecule has 16 heavy (non-hydrogen) atoms. The topological polar surface area (TPSA) is 26.0 Å². The molecule has 0 atom stereocenters. The summed E-state index contributed by atoms with van der Waals surface area (Å²) in [5.41, 5.74) is 8.40. The largest absolute Gasteiger partial charge is 0.398 e. The van der Waals surface area contributed by atoms with Gasteiger partial charge in [-0.3, -0.25) is 0 Å². The minimum atomic E-state index is -0.284. The fourth-order valence-corrected chi connectivity index (χ4v) is 1.86. The molecular formula is C13H11ClFN. The summed E-state index contributed by atoms with van der Waals surface area (Å²) in [6.45, 7) is 1.87. The summed E-state index contributed by atoms with van der Waals surface area (Å²) in [5, 5.41) is 0.466. The van der Waals surface area contributed by atoms with Crippen LogP contribution in [0.3, 0.4) is 0 Å². The molecule has 0 aliphatic carbocycles. The lowest BCUT2D eigenvalue weighted by Gasteiger charge is -2.09. The molecule has 0 aliphatic heterocycles. The van der Waals surface area contributed by atoms with Crippen molar-refractivity contribution in [2.24, 2.45) is 0 Å². The predicted molar refractivity (Wildman–Crippen MR) is 66.0 cm³/mol. The van der Waals surface area contributed by atoms with Crippen LogP contribution in [0.15, 0.2) is 36.4 Å². The Kier molecular flexibility index (Phi) is 2.84. The molecule has 0 aliphatic rings. The summed E-state index contributed by atoms with van der Waals surface area (Å²) in [6.07, 6.45) is 0. The van der Waals surface area contributed by atoms with Gasteiger partial charge in [0.2, 0.25) is 0 Å². The number of hydrogen-bond acceptors (Lipinski definition) is 1. The van der Waals surface area contributed by atoms with Crippen molar-refractivity contribution in [3.63, 3.8) is 0 Å². The number of benzene rings is 2. The summed E-state index contributed by atoms with van der Waals surface area (Å²) in [4.78, 5) is 0. The van der Waals surface area contributed by atoms with Crippen LogP contribution in [-0.2, 0) is 0 Å². The van der Waals surface area contributed by atoms with Crippen LogP contribution in [0.5, 0.6) is 0 Å². The summed E-state index contributed by atoms with van der Waals surface area (Å²) in [6, 6.07) is 10.00. The molecule has 0 saturated heterocycles. The highest BCUT2D eigenvalue weighted by molar-refractivity contribution is 6.33. The first-order valence-electron chi connectivity index (χ1n) is 4.90. The van der Waals surface area contributed by atoms with Gasteiger partial charge in [-0.2, -0.15) is 0 Å². The number of anilines is 1. The number of hydrogen-bond donors (Lipinski definition) is 1. The van der Waals surface area contributed by atoms with E-state index in [0.717, 1.165) is 5.56 Å². The van der Waals surface area contributed by atoms with Gasteiger partial charge in [0.15, 0.2) is 0 Å². The van der Waals surface area contributed by atoms with Gasteiger partial charge in [0, 0.05) is 16.8 Å². The molecule has 82 valence electrons. The van der Waals surface area contributed by atoms with Crippen molar-refractivity contribution in [2.75, 3.05) is 5.73 Å². The Morgan fingerprint density at radius 3 is 2.50 bits per heavy atom. The predicted octanol–water partition coefficient (Wildman–Crippen LogP) is 4.04. The molecule has 2 rings (SSSR count). The molecule has 0 unspecified atom stereocenters. The molecule has 2 N–H and O–H groups in total. The van der Waals surface area contributed by atoms with E-state index < -0.39 is 0 Å². The normalized spacial score (nSPS) is 10.4. The molecule has 1 nitrogen and oxygen atoms in total. The van der Waals surface area contributed by atoms with Gasteiger partial charge in [-0.1, -0.05) is 29.8 Å². The van der Waals surface area contributed by atoms with Crippen molar-refractivity contribution in [1.29, 1.82) is 0 Å². The maximum Gasteiger partial charge on any atom is 0.131 e. The van der Waals surface area contributed by atoms with Crippen molar-refractivity contribution >= 4 is 17.3 Å². The third-order valence-corrected chi connectivity index (χ3v) is 2.83. The van der Waals surface area contributed by atoms with Crippen LogP contribution in [0.2, 0.25) is 5.02 Å². The van der Waals surface area contributed by atoms with Gasteiger partial charge in [0.25, 0.3) is 0 Å². The fourth-order valence-electron chi connectivity index (χ4n) is 1.58. The highest BCUT2D eigenvalue weighted by Crippen LogP contribution is 2.32. The quantitative estimate of drug-likeness (QED) is 0.742. The molecular weight excluding hydrogens is 225 g/mol. The molecule has 0 aromatic heterocycles. The maximum atomic E-state index is 13.6. The van der Waals surface area contributed by atoms with Crippen LogP contribution in [0, 0.1) is 12.7 Å². The van der Waals surface area contributed by atoms with Crippen LogP contribution in [0.25, 0.3) is 11.1 Å². The molecule has 2 aromatic rings. The van der Waals surface area contributed by atoms with E-state index in [1.54, 1.807) is 30.3 Å². The Morgan fingerprint density at radius 1 is 1.12 bits per heavy atom. The van der Waals surface area contributed by atoms with Gasteiger partial charge < -0.3 is 5.73 Å². The molecule has 3 heteroatoms. The van der Waals surface area contributed by atoms with Crippen LogP contribution in [-0.4, -0.2) is 0 Å². The van der Waals surface area contributed by atoms with E-state index in [1.807, 2.05) is 6.92 Å². The van der Waals surface area contributed by atoms with Crippen molar-refractivity contribution < 1.29 is 4.39 Å². The average Bonchev–Trinajstić information content (AvgIpc) is 2.25. The molecule has 0 amide bonds. The van der Waals surface area contributed by atoms with Gasteiger partial charge in [-0.15, -0.1) is 0 Å². The highest BCUT2D eigenvalue weighted by Gasteiger charge is 2.09. The number of nitrogens with two attached hydrogens (primary N) is 1. The minimum absolute atomic E-state index is 0.284. The maximum absolute atomic E-state index is 13.6. The van der Waals surface area contributed by atoms with Gasteiger partial charge in [0.1, 0.15) is 5.82 Å². The lowest BCUT2D eigenvalue weighted by molar-refractivity contribution is 0.631. The van der Waals surface area contributed by atoms with Crippen molar-refractivity contribution in [3.8, 4) is 11.1 Å². The third kappa shape index (κ3) is 1.89. The molecule has 0 bridgehead atoms. The van der Waals surface area contributed by atoms with Gasteiger partial charge >= 0.3 is 0 Å². The first-order valence-corrected chi connectivity index (χ1v) is 5.28. The molecule has 0 heterocycles. The van der Waals surface area contributed by atoms with Crippen LogP contribution in [0.1, 0.15) is 5.56 Å². The van der Waals surface area contributed by atoms with E-state index in [1.165, 1.54) is 6.07 Å². The minimum Gasteiger partial charge on any atom is -0.398 e. The van der Waals surface area contributed by atoms with E-state index in [9.17, 15) is 4.39 Å². The zero-order valence-corrected chi connectivity index (χ0v) is 9.55. The Labute approximate surface area is 98.7 Å². The SMILES string of the molecule is Cc1cc(-c2ccccc2F)c(Cl)cc1N. The first kappa shape index (κ1) is 11.0. The summed E-state index contributed by atoms with van der Waals surface area (Å²) in [5.74, 6) is -0.284. The Morgan fingerprint density at radius 2 is 1.81 bits per heavy atom. The smallest absolute Gasteiger partial charge is 0.131 e. The second-order valence-electron chi connectivity index (χ2n) is 3.67. The summed E-state index contributed by atoms with van der Waals surface area (Å²) in [7, 11) is 0. The Bertz CT molecular complexity index is 537. The monoisotopic (exact) mass is 235 g/mol. The lowest BCUT2D eigenvalue weighted by atomic mass is 10.0. The number of rotatable bonds is 1. The third-order valence-electron chi connectivity index (χ3n) is 2.52. The van der Waals surface area contributed by atoms with Gasteiger partial charge in [-0.05, 0) is 30.7 Å². The molecule has 0 spiro atoms. The number of nitrogen functional groups attached to an aromatic ring is 1. The summed E-state index contributed by atoms with van der Waals surface area (Å²) >= 11 is 6.06. The first-order chi connectivity index (χ1) is 7.59. The Balaban J connectivity index is 2.65. The molecule has 0 saturated carbocycles. The van der Waals surface area contributed by atoms with E-state index >= 15 is 0 Å². The molecule has 0 fully saturated rings. The van der Waals surface area contributed by atoms with Crippen molar-refractivity contribution in [3.05, 3.63) is 52.8 Å². The van der Waals surface area contributed by atoms with Gasteiger partial charge in [-0.25, -0.2) is 4.39 Å². The zero-order chi connectivity index (χ0) is 11.7. The van der Waals surface area contributed by atoms with E-state index in [2.05, 4.69) is 0 Å². The van der Waals surface area contributed by atoms with Crippen molar-refractivity contribution in [1.82, 2.24) is 0 Å². The van der Waals surface area contributed by atoms with Crippen molar-refractivity contribution in [2.45, 2.75) is 6.92 Å². The molecule has 2 aromatic carbocycles. The Hall–Kier alpha value is -1.54. The van der Waals surface area contributed by atoms with Crippen LogP contribution in [0.4, 0.5) is 10.1 Å². The van der Waals surface area contributed by atoms with Crippen LogP contribution >= 0.6 is 11.6 Å². The lowest BCUT2D eigenvalue weighted by Crippen LogP contribution is -1.92.